The van der Waals surface area contributed by atoms with Crippen LogP contribution in [0.5, 0.6) is 11.5 Å². The van der Waals surface area contributed by atoms with Crippen LogP contribution in [0.15, 0.2) is 48.5 Å². The second-order valence-corrected chi connectivity index (χ2v) is 5.98. The predicted molar refractivity (Wildman–Crippen MR) is 105 cm³/mol. The van der Waals surface area contributed by atoms with E-state index in [2.05, 4.69) is 5.92 Å². The van der Waals surface area contributed by atoms with Crippen LogP contribution >= 0.6 is 0 Å². The molecule has 0 fully saturated rings. The quantitative estimate of drug-likeness (QED) is 0.299. The van der Waals surface area contributed by atoms with Gasteiger partial charge in [-0.15, -0.1) is 12.3 Å². The van der Waals surface area contributed by atoms with Crippen LogP contribution in [0.2, 0.25) is 0 Å². The number of terminal acetylenes is 1. The first-order valence-corrected chi connectivity index (χ1v) is 8.84. The van der Waals surface area contributed by atoms with Crippen molar-refractivity contribution in [3.63, 3.8) is 0 Å². The number of aryl methyl sites for hydroxylation is 1. The molecule has 0 aromatic heterocycles. The van der Waals surface area contributed by atoms with Crippen LogP contribution in [-0.4, -0.2) is 17.5 Å². The Morgan fingerprint density at radius 2 is 1.96 bits per heavy atom. The smallest absolute Gasteiger partial charge is 0.189 e. The second-order valence-electron chi connectivity index (χ2n) is 5.98. The molecule has 0 amide bonds. The number of allylic oxidation sites excluding steroid dienone is 1. The van der Waals surface area contributed by atoms with Gasteiger partial charge in [-0.2, -0.15) is 0 Å². The fourth-order valence-electron chi connectivity index (χ4n) is 2.46. The van der Waals surface area contributed by atoms with Crippen LogP contribution in [0.3, 0.4) is 0 Å². The summed E-state index contributed by atoms with van der Waals surface area (Å²) in [4.78, 5) is 12.3. The Kier molecular flexibility index (Phi) is 7.51. The number of unbranched alkanes of at least 4 members (excludes halogenated alkanes) is 2. The molecule has 0 bridgehead atoms. The van der Waals surface area contributed by atoms with Crippen LogP contribution in [0, 0.1) is 12.3 Å². The monoisotopic (exact) mass is 348 g/mol. The molecule has 0 heterocycles. The lowest BCUT2D eigenvalue weighted by Crippen LogP contribution is -1.97. The fraction of sp³-hybridized carbons (Fsp3) is 0.261. The van der Waals surface area contributed by atoms with E-state index in [1.165, 1.54) is 6.08 Å². The number of aromatic hydroxyl groups is 1. The third kappa shape index (κ3) is 5.82. The number of ether oxygens (including phenoxy) is 1. The highest BCUT2D eigenvalue weighted by Crippen LogP contribution is 2.21. The van der Waals surface area contributed by atoms with Crippen molar-refractivity contribution in [2.45, 2.75) is 32.6 Å². The molecule has 3 nitrogen and oxygen atoms in total. The minimum absolute atomic E-state index is 0.00503. The van der Waals surface area contributed by atoms with E-state index in [0.29, 0.717) is 12.2 Å². The molecule has 1 N–H and O–H groups in total. The summed E-state index contributed by atoms with van der Waals surface area (Å²) < 4.78 is 5.65. The molecular formula is C23H24O3. The molecule has 2 rings (SSSR count). The Hall–Kier alpha value is -2.99. The summed E-state index contributed by atoms with van der Waals surface area (Å²) in [6.07, 6.45) is 11.9. The number of phenols is 1. The van der Waals surface area contributed by atoms with Gasteiger partial charge in [0.1, 0.15) is 11.5 Å². The highest BCUT2D eigenvalue weighted by molar-refractivity contribution is 6.08. The third-order valence-electron chi connectivity index (χ3n) is 4.03. The van der Waals surface area contributed by atoms with E-state index in [1.807, 2.05) is 37.3 Å². The van der Waals surface area contributed by atoms with E-state index in [4.69, 9.17) is 11.2 Å². The Bertz CT molecular complexity index is 795. The van der Waals surface area contributed by atoms with E-state index in [1.54, 1.807) is 18.2 Å². The van der Waals surface area contributed by atoms with Crippen molar-refractivity contribution < 1.29 is 14.6 Å². The van der Waals surface area contributed by atoms with Gasteiger partial charge in [0.05, 0.1) is 12.2 Å². The van der Waals surface area contributed by atoms with Crippen molar-refractivity contribution in [3.8, 4) is 23.8 Å². The van der Waals surface area contributed by atoms with E-state index in [0.717, 1.165) is 42.6 Å². The average Bonchev–Trinajstić information content (AvgIpc) is 2.67. The zero-order chi connectivity index (χ0) is 18.8. The largest absolute Gasteiger partial charge is 0.507 e. The molecule has 0 aliphatic carbocycles. The maximum atomic E-state index is 12.3. The molecule has 0 aliphatic rings. The number of carbonyl (C=O) groups is 1. The summed E-state index contributed by atoms with van der Waals surface area (Å²) in [5.74, 6) is 3.20. The summed E-state index contributed by atoms with van der Waals surface area (Å²) in [7, 11) is 0. The molecule has 0 saturated heterocycles. The Morgan fingerprint density at radius 3 is 2.65 bits per heavy atom. The zero-order valence-electron chi connectivity index (χ0n) is 15.1. The van der Waals surface area contributed by atoms with Gasteiger partial charge in [0.2, 0.25) is 0 Å². The third-order valence-corrected chi connectivity index (χ3v) is 4.03. The molecule has 0 aliphatic heterocycles. The van der Waals surface area contributed by atoms with Crippen molar-refractivity contribution in [2.24, 2.45) is 0 Å². The van der Waals surface area contributed by atoms with E-state index in [-0.39, 0.29) is 11.5 Å². The molecule has 3 heteroatoms. The van der Waals surface area contributed by atoms with Crippen LogP contribution < -0.4 is 4.74 Å². The van der Waals surface area contributed by atoms with Gasteiger partial charge in [-0.1, -0.05) is 31.2 Å². The predicted octanol–water partition coefficient (Wildman–Crippen LogP) is 5.03. The summed E-state index contributed by atoms with van der Waals surface area (Å²) >= 11 is 0. The van der Waals surface area contributed by atoms with Crippen molar-refractivity contribution in [3.05, 3.63) is 65.2 Å². The number of carbonyl (C=O) groups excluding carboxylic acids is 1. The Labute approximate surface area is 155 Å². The Morgan fingerprint density at radius 1 is 1.19 bits per heavy atom. The number of hydrogen-bond donors (Lipinski definition) is 1. The van der Waals surface area contributed by atoms with Gasteiger partial charge in [-0.25, -0.2) is 0 Å². The van der Waals surface area contributed by atoms with E-state index >= 15 is 0 Å². The SMILES string of the molecule is C#CCCCCOc1ccc(C=CC(=O)c2cc(CC)ccc2O)cc1. The standard InChI is InChI=1S/C23H24O3/c1-3-5-6-7-16-26-20-12-8-19(9-13-20)11-15-23(25)21-17-18(4-2)10-14-22(21)24/h1,8-15,17,24H,4-7,16H2,2H3. The molecule has 0 spiro atoms. The van der Waals surface area contributed by atoms with Gasteiger partial charge < -0.3 is 9.84 Å². The van der Waals surface area contributed by atoms with Crippen molar-refractivity contribution in [2.75, 3.05) is 6.61 Å². The topological polar surface area (TPSA) is 46.5 Å². The van der Waals surface area contributed by atoms with Crippen LogP contribution in [0.1, 0.15) is 47.7 Å². The van der Waals surface area contributed by atoms with E-state index < -0.39 is 0 Å². The molecule has 0 radical (unpaired) electrons. The molecule has 2 aromatic carbocycles. The number of rotatable bonds is 9. The number of benzene rings is 2. The lowest BCUT2D eigenvalue weighted by Gasteiger charge is -2.05. The number of ketones is 1. The van der Waals surface area contributed by atoms with Gasteiger partial charge >= 0.3 is 0 Å². The molecule has 0 atom stereocenters. The molecule has 0 unspecified atom stereocenters. The van der Waals surface area contributed by atoms with Crippen LogP contribution in [0.4, 0.5) is 0 Å². The highest BCUT2D eigenvalue weighted by Gasteiger charge is 2.08. The summed E-state index contributed by atoms with van der Waals surface area (Å²) in [6.45, 7) is 2.65. The second kappa shape index (κ2) is 10.1. The summed E-state index contributed by atoms with van der Waals surface area (Å²) in [6, 6.07) is 12.7. The first kappa shape index (κ1) is 19.3. The van der Waals surface area contributed by atoms with Gasteiger partial charge in [0, 0.05) is 6.42 Å². The maximum Gasteiger partial charge on any atom is 0.189 e. The van der Waals surface area contributed by atoms with Gasteiger partial charge in [-0.3, -0.25) is 4.79 Å². The Balaban J connectivity index is 1.94. The van der Waals surface area contributed by atoms with Crippen molar-refractivity contribution in [1.29, 1.82) is 0 Å². The summed E-state index contributed by atoms with van der Waals surface area (Å²) in [5, 5.41) is 9.89. The summed E-state index contributed by atoms with van der Waals surface area (Å²) in [5.41, 5.74) is 2.24. The lowest BCUT2D eigenvalue weighted by atomic mass is 10.0. The van der Waals surface area contributed by atoms with Crippen LogP contribution in [-0.2, 0) is 6.42 Å². The molecule has 26 heavy (non-hydrogen) atoms. The maximum absolute atomic E-state index is 12.3. The zero-order valence-corrected chi connectivity index (χ0v) is 15.1. The van der Waals surface area contributed by atoms with Crippen LogP contribution in [0.25, 0.3) is 6.08 Å². The lowest BCUT2D eigenvalue weighted by molar-refractivity contribution is 0.104. The molecule has 2 aromatic rings. The van der Waals surface area contributed by atoms with Gasteiger partial charge in [0.15, 0.2) is 5.78 Å². The minimum Gasteiger partial charge on any atom is -0.507 e. The fourth-order valence-corrected chi connectivity index (χ4v) is 2.46. The van der Waals surface area contributed by atoms with Gasteiger partial charge in [0.25, 0.3) is 0 Å². The number of hydrogen-bond acceptors (Lipinski definition) is 3. The first-order valence-electron chi connectivity index (χ1n) is 8.84. The molecule has 0 saturated carbocycles. The van der Waals surface area contributed by atoms with Crippen molar-refractivity contribution >= 4 is 11.9 Å². The molecular weight excluding hydrogens is 324 g/mol. The van der Waals surface area contributed by atoms with Crippen molar-refractivity contribution in [1.82, 2.24) is 0 Å². The van der Waals surface area contributed by atoms with E-state index in [9.17, 15) is 9.90 Å². The highest BCUT2D eigenvalue weighted by atomic mass is 16.5. The number of phenolic OH excluding ortho intramolecular Hbond substituents is 1. The minimum atomic E-state index is -0.216. The van der Waals surface area contributed by atoms with Gasteiger partial charge in [-0.05, 0) is 60.7 Å². The normalized spacial score (nSPS) is 10.6. The molecule has 134 valence electrons. The first-order chi connectivity index (χ1) is 12.6. The average molecular weight is 348 g/mol.